The van der Waals surface area contributed by atoms with Crippen LogP contribution in [-0.2, 0) is 16.0 Å². The van der Waals surface area contributed by atoms with E-state index >= 15 is 4.39 Å². The van der Waals surface area contributed by atoms with Crippen molar-refractivity contribution in [1.29, 1.82) is 0 Å². The second-order valence-electron chi connectivity index (χ2n) is 8.16. The summed E-state index contributed by atoms with van der Waals surface area (Å²) in [6.07, 6.45) is 3.39. The number of aromatic nitrogens is 4. The number of halogens is 3. The zero-order valence-corrected chi connectivity index (χ0v) is 21.4. The van der Waals surface area contributed by atoms with Gasteiger partial charge in [-0.1, -0.05) is 41.4 Å². The minimum atomic E-state index is -0.546. The predicted molar refractivity (Wildman–Crippen MR) is 141 cm³/mol. The smallest absolute Gasteiger partial charge is 0.310 e. The van der Waals surface area contributed by atoms with Gasteiger partial charge in [-0.3, -0.25) is 4.79 Å². The minimum absolute atomic E-state index is 0.0137. The van der Waals surface area contributed by atoms with Crippen molar-refractivity contribution in [3.05, 3.63) is 82.4 Å². The van der Waals surface area contributed by atoms with E-state index in [2.05, 4.69) is 9.97 Å². The number of fused-ring (bicyclic) bond motifs is 1. The molecule has 0 saturated carbocycles. The number of hydrogen-bond acceptors (Lipinski definition) is 5. The van der Waals surface area contributed by atoms with Crippen molar-refractivity contribution in [2.75, 3.05) is 13.7 Å². The molecule has 7 nitrogen and oxygen atoms in total. The van der Waals surface area contributed by atoms with Crippen molar-refractivity contribution in [3.8, 4) is 34.2 Å². The number of rotatable bonds is 7. The molecule has 3 aromatic heterocycles. The van der Waals surface area contributed by atoms with Crippen molar-refractivity contribution in [2.24, 2.45) is 0 Å². The van der Waals surface area contributed by atoms with Crippen LogP contribution >= 0.6 is 23.2 Å². The van der Waals surface area contributed by atoms with Crippen molar-refractivity contribution in [1.82, 2.24) is 19.5 Å². The van der Waals surface area contributed by atoms with Gasteiger partial charge in [0.05, 0.1) is 47.6 Å². The molecule has 0 aliphatic heterocycles. The molecule has 5 rings (SSSR count). The van der Waals surface area contributed by atoms with E-state index in [-0.39, 0.29) is 23.1 Å². The Bertz CT molecular complexity index is 1610. The maximum absolute atomic E-state index is 15.1. The van der Waals surface area contributed by atoms with Crippen LogP contribution in [0.5, 0.6) is 5.88 Å². The number of benzene rings is 2. The fourth-order valence-electron chi connectivity index (χ4n) is 4.15. The molecule has 0 bridgehead atoms. The first-order chi connectivity index (χ1) is 17.9. The Morgan fingerprint density at radius 2 is 1.95 bits per heavy atom. The van der Waals surface area contributed by atoms with E-state index in [4.69, 9.17) is 37.7 Å². The quantitative estimate of drug-likeness (QED) is 0.235. The standard InChI is InChI=1S/C27H21Cl2FN4O3/c1-3-37-22(35)12-15-11-18(27(36-2)31-13-15)26-32-20-14-34(21-6-4-5-19(29)23(21)30)25(24(20)33-26)16-7-9-17(28)10-8-16/h4-11,13-14H,3,12H2,1-2H3,(H,32,33). The lowest BCUT2D eigenvalue weighted by atomic mass is 10.1. The molecule has 0 aliphatic rings. The van der Waals surface area contributed by atoms with Crippen LogP contribution in [0.15, 0.2) is 60.9 Å². The number of imidazole rings is 1. The van der Waals surface area contributed by atoms with E-state index in [1.54, 1.807) is 54.2 Å². The molecule has 188 valence electrons. The fraction of sp³-hybridized carbons (Fsp3) is 0.148. The number of H-pyrrole nitrogens is 1. The average Bonchev–Trinajstić information content (AvgIpc) is 3.45. The van der Waals surface area contributed by atoms with Crippen molar-refractivity contribution < 1.29 is 18.7 Å². The molecule has 2 aromatic carbocycles. The first kappa shape index (κ1) is 24.8. The maximum atomic E-state index is 15.1. The highest BCUT2D eigenvalue weighted by Gasteiger charge is 2.22. The summed E-state index contributed by atoms with van der Waals surface area (Å²) in [7, 11) is 1.51. The second kappa shape index (κ2) is 10.2. The number of esters is 1. The topological polar surface area (TPSA) is 82.0 Å². The Balaban J connectivity index is 1.68. The monoisotopic (exact) mass is 538 g/mol. The number of nitrogens with zero attached hydrogens (tertiary/aromatic N) is 3. The molecule has 37 heavy (non-hydrogen) atoms. The molecule has 0 fully saturated rings. The Hall–Kier alpha value is -3.88. The molecule has 0 amide bonds. The number of aromatic amines is 1. The van der Waals surface area contributed by atoms with Gasteiger partial charge in [0.1, 0.15) is 11.3 Å². The van der Waals surface area contributed by atoms with E-state index in [9.17, 15) is 4.79 Å². The largest absolute Gasteiger partial charge is 0.480 e. The van der Waals surface area contributed by atoms with Crippen LogP contribution in [0.25, 0.3) is 39.4 Å². The fourth-order valence-corrected chi connectivity index (χ4v) is 4.45. The van der Waals surface area contributed by atoms with Crippen LogP contribution in [0, 0.1) is 5.82 Å². The molecule has 5 aromatic rings. The van der Waals surface area contributed by atoms with E-state index in [1.165, 1.54) is 13.2 Å². The summed E-state index contributed by atoms with van der Waals surface area (Å²) < 4.78 is 27.3. The predicted octanol–water partition coefficient (Wildman–Crippen LogP) is 6.64. The summed E-state index contributed by atoms with van der Waals surface area (Å²) in [5, 5.41) is 0.587. The molecule has 0 radical (unpaired) electrons. The number of carbonyl (C=O) groups excluding carboxylic acids is 1. The Morgan fingerprint density at radius 3 is 2.68 bits per heavy atom. The number of pyridine rings is 1. The molecule has 1 N–H and O–H groups in total. The van der Waals surface area contributed by atoms with Gasteiger partial charge in [0, 0.05) is 23.0 Å². The third-order valence-electron chi connectivity index (χ3n) is 5.77. The number of methoxy groups -OCH3 is 1. The summed E-state index contributed by atoms with van der Waals surface area (Å²) in [6, 6.07) is 13.8. The molecule has 0 saturated heterocycles. The van der Waals surface area contributed by atoms with Gasteiger partial charge in [-0.15, -0.1) is 0 Å². The molecule has 0 spiro atoms. The first-order valence-corrected chi connectivity index (χ1v) is 12.2. The van der Waals surface area contributed by atoms with E-state index in [1.807, 2.05) is 12.1 Å². The highest BCUT2D eigenvalue weighted by atomic mass is 35.5. The van der Waals surface area contributed by atoms with Crippen LogP contribution in [0.3, 0.4) is 0 Å². The lowest BCUT2D eigenvalue weighted by Crippen LogP contribution is -2.08. The molecular weight excluding hydrogens is 518 g/mol. The average molecular weight is 539 g/mol. The second-order valence-corrected chi connectivity index (χ2v) is 9.00. The van der Waals surface area contributed by atoms with E-state index in [0.717, 1.165) is 5.56 Å². The Labute approximate surface area is 221 Å². The summed E-state index contributed by atoms with van der Waals surface area (Å²) in [4.78, 5) is 24.5. The summed E-state index contributed by atoms with van der Waals surface area (Å²) >= 11 is 12.2. The Kier molecular flexibility index (Phi) is 6.86. The van der Waals surface area contributed by atoms with Crippen molar-refractivity contribution in [3.63, 3.8) is 0 Å². The van der Waals surface area contributed by atoms with Crippen molar-refractivity contribution in [2.45, 2.75) is 13.3 Å². The van der Waals surface area contributed by atoms with Crippen LogP contribution in [0.2, 0.25) is 10.0 Å². The third-order valence-corrected chi connectivity index (χ3v) is 6.32. The van der Waals surface area contributed by atoms with E-state index < -0.39 is 5.82 Å². The third kappa shape index (κ3) is 4.77. The van der Waals surface area contributed by atoms with E-state index in [0.29, 0.717) is 51.2 Å². The normalized spacial score (nSPS) is 11.2. The molecular formula is C27H21Cl2FN4O3. The molecule has 3 heterocycles. The summed E-state index contributed by atoms with van der Waals surface area (Å²) in [6.45, 7) is 2.05. The highest BCUT2D eigenvalue weighted by molar-refractivity contribution is 6.31. The zero-order valence-electron chi connectivity index (χ0n) is 19.9. The highest BCUT2D eigenvalue weighted by Crippen LogP contribution is 2.37. The van der Waals surface area contributed by atoms with Gasteiger partial charge in [0.2, 0.25) is 5.88 Å². The SMILES string of the molecule is CCOC(=O)Cc1cnc(OC)c(-c2nc3c(-c4ccc(Cl)cc4)n(-c4cccc(Cl)c4F)cc3[nH]2)c1. The maximum Gasteiger partial charge on any atom is 0.310 e. The van der Waals surface area contributed by atoms with Crippen LogP contribution < -0.4 is 4.74 Å². The molecule has 10 heteroatoms. The lowest BCUT2D eigenvalue weighted by Gasteiger charge is -2.12. The molecule has 0 unspecified atom stereocenters. The van der Waals surface area contributed by atoms with Gasteiger partial charge in [0.25, 0.3) is 0 Å². The number of ether oxygens (including phenoxy) is 2. The summed E-state index contributed by atoms with van der Waals surface area (Å²) in [5.74, 6) is -0.0807. The number of nitrogens with one attached hydrogen (secondary N) is 1. The van der Waals surface area contributed by atoms with Crippen LogP contribution in [0.4, 0.5) is 4.39 Å². The number of hydrogen-bond donors (Lipinski definition) is 1. The van der Waals surface area contributed by atoms with Crippen LogP contribution in [0.1, 0.15) is 12.5 Å². The Morgan fingerprint density at radius 1 is 1.16 bits per heavy atom. The summed E-state index contributed by atoms with van der Waals surface area (Å²) in [5.41, 5.74) is 4.16. The first-order valence-electron chi connectivity index (χ1n) is 11.4. The van der Waals surface area contributed by atoms with Crippen LogP contribution in [-0.4, -0.2) is 39.2 Å². The van der Waals surface area contributed by atoms with Crippen molar-refractivity contribution >= 4 is 40.2 Å². The molecule has 0 atom stereocenters. The lowest BCUT2D eigenvalue weighted by molar-refractivity contribution is -0.142. The van der Waals surface area contributed by atoms with Gasteiger partial charge in [0.15, 0.2) is 5.82 Å². The van der Waals surface area contributed by atoms with Gasteiger partial charge in [-0.2, -0.15) is 0 Å². The minimum Gasteiger partial charge on any atom is -0.480 e. The van der Waals surface area contributed by atoms with Gasteiger partial charge in [-0.25, -0.2) is 14.4 Å². The zero-order chi connectivity index (χ0) is 26.1. The van der Waals surface area contributed by atoms with Gasteiger partial charge in [-0.05, 0) is 42.8 Å². The van der Waals surface area contributed by atoms with Gasteiger partial charge >= 0.3 is 5.97 Å². The molecule has 0 aliphatic carbocycles. The van der Waals surface area contributed by atoms with Gasteiger partial charge < -0.3 is 19.0 Å². The number of carbonyl (C=O) groups is 1.